The zero-order valence-electron chi connectivity index (χ0n) is 19.4. The Morgan fingerprint density at radius 1 is 0.806 bits per heavy atom. The van der Waals surface area contributed by atoms with E-state index in [1.54, 1.807) is 30.3 Å². The van der Waals surface area contributed by atoms with Gasteiger partial charge in [-0.05, 0) is 73.5 Å². The summed E-state index contributed by atoms with van der Waals surface area (Å²) in [7, 11) is -7.66. The van der Waals surface area contributed by atoms with E-state index in [1.807, 2.05) is 0 Å². The fourth-order valence-electron chi connectivity index (χ4n) is 3.94. The third-order valence-corrected chi connectivity index (χ3v) is 9.78. The van der Waals surface area contributed by atoms with Crippen molar-refractivity contribution in [2.24, 2.45) is 0 Å². The zero-order chi connectivity index (χ0) is 25.8. The maximum Gasteiger partial charge on any atom is 0.264 e. The molecule has 3 aromatic carbocycles. The van der Waals surface area contributed by atoms with Crippen molar-refractivity contribution < 1.29 is 21.6 Å². The number of carbonyl (C=O) groups is 1. The van der Waals surface area contributed by atoms with Gasteiger partial charge >= 0.3 is 0 Å². The number of hydrogen-bond acceptors (Lipinski definition) is 5. The van der Waals surface area contributed by atoms with Crippen LogP contribution in [0.2, 0.25) is 5.02 Å². The smallest absolute Gasteiger partial charge is 0.264 e. The molecule has 0 spiro atoms. The van der Waals surface area contributed by atoms with Gasteiger partial charge in [0, 0.05) is 23.8 Å². The predicted molar refractivity (Wildman–Crippen MR) is 140 cm³/mol. The molecular weight excluding hydrogens is 522 g/mol. The highest BCUT2D eigenvalue weighted by Gasteiger charge is 2.28. The van der Waals surface area contributed by atoms with E-state index in [2.05, 4.69) is 5.32 Å². The molecule has 11 heteroatoms. The van der Waals surface area contributed by atoms with Gasteiger partial charge in [-0.2, -0.15) is 4.31 Å². The van der Waals surface area contributed by atoms with Gasteiger partial charge in [0.15, 0.2) is 0 Å². The van der Waals surface area contributed by atoms with Crippen molar-refractivity contribution >= 4 is 48.9 Å². The minimum atomic E-state index is -4.07. The molecule has 3 aromatic rings. The highest BCUT2D eigenvalue weighted by molar-refractivity contribution is 7.92. The molecule has 0 aromatic heterocycles. The first-order chi connectivity index (χ1) is 17.2. The number of hydrogen-bond donors (Lipinski definition) is 1. The fourth-order valence-corrected chi connectivity index (χ4v) is 7.00. The highest BCUT2D eigenvalue weighted by Crippen LogP contribution is 2.25. The maximum absolute atomic E-state index is 13.4. The molecule has 1 aliphatic heterocycles. The Bertz CT molecular complexity index is 1410. The lowest BCUT2D eigenvalue weighted by atomic mass is 10.2. The topological polar surface area (TPSA) is 104 Å². The Kier molecular flexibility index (Phi) is 7.99. The standard InChI is InChI=1S/C25H26ClN3O5S2/c26-20-9-13-24(14-10-20)36(33,34)29(22-7-3-1-4-8-22)19-25(30)27-21-11-15-23(16-12-21)35(31,32)28-17-5-2-6-18-28/h1,3-4,7-16H,2,5-6,17-19H2,(H,27,30). The second kappa shape index (κ2) is 11.0. The minimum absolute atomic E-state index is 0.00387. The average Bonchev–Trinajstić information content (AvgIpc) is 2.89. The van der Waals surface area contributed by atoms with E-state index in [1.165, 1.54) is 52.8 Å². The van der Waals surface area contributed by atoms with E-state index in [0.717, 1.165) is 23.6 Å². The number of nitrogens with one attached hydrogen (secondary N) is 1. The van der Waals surface area contributed by atoms with Gasteiger partial charge < -0.3 is 5.32 Å². The third-order valence-electron chi connectivity index (χ3n) is 5.82. The minimum Gasteiger partial charge on any atom is -0.325 e. The van der Waals surface area contributed by atoms with E-state index >= 15 is 0 Å². The Morgan fingerprint density at radius 2 is 1.39 bits per heavy atom. The average molecular weight is 548 g/mol. The number of amides is 1. The fraction of sp³-hybridized carbons (Fsp3) is 0.240. The molecule has 1 saturated heterocycles. The van der Waals surface area contributed by atoms with Gasteiger partial charge in [-0.1, -0.05) is 36.2 Å². The number of anilines is 2. The van der Waals surface area contributed by atoms with Gasteiger partial charge in [-0.25, -0.2) is 16.8 Å². The second-order valence-corrected chi connectivity index (χ2v) is 12.6. The summed E-state index contributed by atoms with van der Waals surface area (Å²) in [6.07, 6.45) is 2.69. The van der Waals surface area contributed by atoms with Gasteiger partial charge in [-0.15, -0.1) is 0 Å². The summed E-state index contributed by atoms with van der Waals surface area (Å²) in [5.41, 5.74) is 0.681. The van der Waals surface area contributed by atoms with Gasteiger partial charge in [0.05, 0.1) is 15.5 Å². The molecule has 0 atom stereocenters. The molecule has 8 nitrogen and oxygen atoms in total. The molecule has 0 saturated carbocycles. The maximum atomic E-state index is 13.4. The first-order valence-electron chi connectivity index (χ1n) is 11.4. The van der Waals surface area contributed by atoms with Crippen molar-refractivity contribution in [1.82, 2.24) is 4.31 Å². The Hall–Kier alpha value is -2.92. The van der Waals surface area contributed by atoms with Crippen LogP contribution >= 0.6 is 11.6 Å². The van der Waals surface area contributed by atoms with Gasteiger partial charge in [0.25, 0.3) is 10.0 Å². The van der Waals surface area contributed by atoms with Crippen molar-refractivity contribution in [2.45, 2.75) is 29.1 Å². The molecule has 4 rings (SSSR count). The van der Waals surface area contributed by atoms with Crippen LogP contribution in [0.4, 0.5) is 11.4 Å². The van der Waals surface area contributed by atoms with Crippen molar-refractivity contribution in [3.05, 3.63) is 83.9 Å². The number of rotatable bonds is 8. The molecule has 0 unspecified atom stereocenters. The van der Waals surface area contributed by atoms with Gasteiger partial charge in [0.1, 0.15) is 6.54 Å². The van der Waals surface area contributed by atoms with Crippen molar-refractivity contribution in [3.8, 4) is 0 Å². The van der Waals surface area contributed by atoms with Crippen LogP contribution in [0.25, 0.3) is 0 Å². The van der Waals surface area contributed by atoms with Crippen molar-refractivity contribution in [1.29, 1.82) is 0 Å². The Labute approximate surface area is 216 Å². The summed E-state index contributed by atoms with van der Waals surface area (Å²) in [6.45, 7) is 0.513. The molecule has 1 fully saturated rings. The van der Waals surface area contributed by atoms with Crippen LogP contribution in [-0.4, -0.2) is 46.7 Å². The molecule has 0 bridgehead atoms. The lowest BCUT2D eigenvalue weighted by Crippen LogP contribution is -2.38. The summed E-state index contributed by atoms with van der Waals surface area (Å²) in [6, 6.07) is 19.9. The third kappa shape index (κ3) is 5.89. The van der Waals surface area contributed by atoms with Crippen molar-refractivity contribution in [3.63, 3.8) is 0 Å². The van der Waals surface area contributed by atoms with Crippen LogP contribution in [0, 0.1) is 0 Å². The van der Waals surface area contributed by atoms with E-state index < -0.39 is 32.5 Å². The number of sulfonamides is 2. The SMILES string of the molecule is O=C(CN(c1ccccc1)S(=O)(=O)c1ccc(Cl)cc1)Nc1ccc(S(=O)(=O)N2CCCCC2)cc1. The normalized spacial score (nSPS) is 14.8. The van der Waals surface area contributed by atoms with Crippen LogP contribution in [0.3, 0.4) is 0 Å². The Morgan fingerprint density at radius 3 is 2.00 bits per heavy atom. The van der Waals surface area contributed by atoms with Crippen molar-refractivity contribution in [2.75, 3.05) is 29.3 Å². The number of benzene rings is 3. The number of para-hydroxylation sites is 1. The number of carbonyl (C=O) groups excluding carboxylic acids is 1. The molecule has 1 heterocycles. The van der Waals surface area contributed by atoms with E-state index in [0.29, 0.717) is 29.5 Å². The molecule has 190 valence electrons. The molecule has 1 N–H and O–H groups in total. The molecule has 36 heavy (non-hydrogen) atoms. The lowest BCUT2D eigenvalue weighted by molar-refractivity contribution is -0.114. The monoisotopic (exact) mass is 547 g/mol. The van der Waals surface area contributed by atoms with Gasteiger partial charge in [0.2, 0.25) is 15.9 Å². The summed E-state index contributed by atoms with van der Waals surface area (Å²) in [5, 5.41) is 3.05. The highest BCUT2D eigenvalue weighted by atomic mass is 35.5. The van der Waals surface area contributed by atoms with E-state index in [9.17, 15) is 21.6 Å². The number of nitrogens with zero attached hydrogens (tertiary/aromatic N) is 2. The summed E-state index contributed by atoms with van der Waals surface area (Å²) in [5.74, 6) is -0.581. The van der Waals surface area contributed by atoms with Crippen LogP contribution in [0.15, 0.2) is 88.7 Å². The zero-order valence-corrected chi connectivity index (χ0v) is 21.8. The first kappa shape index (κ1) is 26.2. The number of halogens is 1. The largest absolute Gasteiger partial charge is 0.325 e. The molecule has 0 radical (unpaired) electrons. The van der Waals surface area contributed by atoms with Crippen LogP contribution in [0.1, 0.15) is 19.3 Å². The molecular formula is C25H26ClN3O5S2. The van der Waals surface area contributed by atoms with E-state index in [4.69, 9.17) is 11.6 Å². The van der Waals surface area contributed by atoms with Crippen LogP contribution < -0.4 is 9.62 Å². The quantitative estimate of drug-likeness (QED) is 0.451. The predicted octanol–water partition coefficient (Wildman–Crippen LogP) is 4.35. The second-order valence-electron chi connectivity index (χ2n) is 8.34. The Balaban J connectivity index is 1.52. The summed E-state index contributed by atoms with van der Waals surface area (Å²) in [4.78, 5) is 13.0. The number of piperidine rings is 1. The van der Waals surface area contributed by atoms with Crippen LogP contribution in [-0.2, 0) is 24.8 Å². The summed E-state index contributed by atoms with van der Waals surface area (Å²) < 4.78 is 54.9. The molecule has 0 aliphatic carbocycles. The summed E-state index contributed by atoms with van der Waals surface area (Å²) >= 11 is 5.90. The lowest BCUT2D eigenvalue weighted by Gasteiger charge is -2.26. The van der Waals surface area contributed by atoms with Gasteiger partial charge in [-0.3, -0.25) is 9.10 Å². The molecule has 1 aliphatic rings. The first-order valence-corrected chi connectivity index (χ1v) is 14.7. The van der Waals surface area contributed by atoms with Crippen LogP contribution in [0.5, 0.6) is 0 Å². The van der Waals surface area contributed by atoms with E-state index in [-0.39, 0.29) is 9.79 Å². The molecule has 1 amide bonds.